The number of quaternary nitrogens is 1. The smallest absolute Gasteiger partial charge is 0.306 e. The molecule has 0 fully saturated rings. The van der Waals surface area contributed by atoms with E-state index in [0.29, 0.717) is 17.4 Å². The Balaban J connectivity index is 5.17. The van der Waals surface area contributed by atoms with Gasteiger partial charge in [-0.2, -0.15) is 0 Å². The van der Waals surface area contributed by atoms with Crippen LogP contribution in [-0.2, 0) is 27.9 Å². The van der Waals surface area contributed by atoms with Crippen molar-refractivity contribution in [2.24, 2.45) is 0 Å². The number of allylic oxidation sites excluding steroid dienone is 3. The molecule has 72 heavy (non-hydrogen) atoms. The molecule has 1 amide bonds. The van der Waals surface area contributed by atoms with Gasteiger partial charge in [0, 0.05) is 12.8 Å². The zero-order valence-corrected chi connectivity index (χ0v) is 49.6. The Morgan fingerprint density at radius 1 is 0.472 bits per heavy atom. The molecule has 3 atom stereocenters. The Labute approximate surface area is 447 Å². The van der Waals surface area contributed by atoms with Gasteiger partial charge in [-0.05, 0) is 57.4 Å². The summed E-state index contributed by atoms with van der Waals surface area (Å²) in [5, 5.41) is 3.02. The minimum absolute atomic E-state index is 0.0216. The number of rotatable bonds is 57. The van der Waals surface area contributed by atoms with Crippen LogP contribution in [0.1, 0.15) is 310 Å². The highest BCUT2D eigenvalue weighted by molar-refractivity contribution is 7.45. The number of hydrogen-bond acceptors (Lipinski definition) is 7. The number of ether oxygens (including phenoxy) is 1. The molecule has 3 unspecified atom stereocenters. The third kappa shape index (κ3) is 53.3. The van der Waals surface area contributed by atoms with Gasteiger partial charge in [0.15, 0.2) is 0 Å². The Kier molecular flexibility index (Phi) is 51.8. The number of phosphoric ester groups is 1. The van der Waals surface area contributed by atoms with E-state index >= 15 is 0 Å². The number of nitrogens with one attached hydrogen (secondary N) is 1. The van der Waals surface area contributed by atoms with E-state index in [1.807, 2.05) is 33.3 Å². The SMILES string of the molecule is CCCCCCCC/C=C\CCCCCC(=O)NC(COP(=O)([O-])OCC[N+](C)(C)C)C(/C=C\CCCCCCCCCCCC)OC(=O)CCCCCCCCCCCCCCCCCCCCCCC. The molecule has 0 aliphatic rings. The minimum Gasteiger partial charge on any atom is -0.756 e. The van der Waals surface area contributed by atoms with Crippen LogP contribution in [0.4, 0.5) is 0 Å². The van der Waals surface area contributed by atoms with Crippen molar-refractivity contribution in [2.45, 2.75) is 322 Å². The first-order valence-electron chi connectivity index (χ1n) is 31.1. The van der Waals surface area contributed by atoms with Crippen molar-refractivity contribution in [1.82, 2.24) is 5.32 Å². The van der Waals surface area contributed by atoms with E-state index in [-0.39, 0.29) is 31.5 Å². The predicted molar refractivity (Wildman–Crippen MR) is 307 cm³/mol. The van der Waals surface area contributed by atoms with Crippen LogP contribution in [0.2, 0.25) is 0 Å². The van der Waals surface area contributed by atoms with Gasteiger partial charge >= 0.3 is 5.97 Å². The average molecular weight is 1040 g/mol. The summed E-state index contributed by atoms with van der Waals surface area (Å²) in [7, 11) is 1.19. The van der Waals surface area contributed by atoms with Crippen molar-refractivity contribution in [3.63, 3.8) is 0 Å². The highest BCUT2D eigenvalue weighted by Crippen LogP contribution is 2.38. The number of nitrogens with zero attached hydrogens (tertiary/aromatic N) is 1. The van der Waals surface area contributed by atoms with Crippen molar-refractivity contribution >= 4 is 19.7 Å². The summed E-state index contributed by atoms with van der Waals surface area (Å²) in [6.45, 7) is 6.86. The molecule has 0 rings (SSSR count). The summed E-state index contributed by atoms with van der Waals surface area (Å²) >= 11 is 0. The first-order valence-corrected chi connectivity index (χ1v) is 32.6. The van der Waals surface area contributed by atoms with Crippen LogP contribution in [0.5, 0.6) is 0 Å². The number of unbranched alkanes of at least 4 members (excludes halogenated alkanes) is 39. The van der Waals surface area contributed by atoms with Crippen LogP contribution in [0.25, 0.3) is 0 Å². The molecular weight excluding hydrogens is 916 g/mol. The van der Waals surface area contributed by atoms with Crippen molar-refractivity contribution in [2.75, 3.05) is 40.9 Å². The lowest BCUT2D eigenvalue weighted by Gasteiger charge is -2.30. The first-order chi connectivity index (χ1) is 34.9. The summed E-state index contributed by atoms with van der Waals surface area (Å²) < 4.78 is 30.3. The number of phosphoric acid groups is 1. The second kappa shape index (κ2) is 52.9. The number of esters is 1. The van der Waals surface area contributed by atoms with E-state index in [1.165, 1.54) is 205 Å². The van der Waals surface area contributed by atoms with Crippen molar-refractivity contribution in [3.05, 3.63) is 24.3 Å². The van der Waals surface area contributed by atoms with Gasteiger partial charge in [-0.1, -0.05) is 264 Å². The molecule has 0 radical (unpaired) electrons. The summed E-state index contributed by atoms with van der Waals surface area (Å²) in [6.07, 6.45) is 61.5. The molecule has 1 N–H and O–H groups in total. The van der Waals surface area contributed by atoms with Crippen LogP contribution in [0.3, 0.4) is 0 Å². The Bertz CT molecular complexity index is 1290. The predicted octanol–water partition coefficient (Wildman–Crippen LogP) is 18.3. The van der Waals surface area contributed by atoms with E-state index in [0.717, 1.165) is 70.6 Å². The molecule has 0 aromatic carbocycles. The summed E-state index contributed by atoms with van der Waals surface area (Å²) in [4.78, 5) is 39.9. The minimum atomic E-state index is -4.69. The van der Waals surface area contributed by atoms with Crippen LogP contribution < -0.4 is 10.2 Å². The Hall–Kier alpha value is -1.51. The summed E-state index contributed by atoms with van der Waals surface area (Å²) in [6, 6.07) is -0.890. The van der Waals surface area contributed by atoms with E-state index in [4.69, 9.17) is 13.8 Å². The fourth-order valence-electron chi connectivity index (χ4n) is 9.28. The number of hydrogen-bond donors (Lipinski definition) is 1. The zero-order chi connectivity index (χ0) is 52.9. The molecule has 0 aromatic rings. The lowest BCUT2D eigenvalue weighted by Crippen LogP contribution is -2.47. The maximum absolute atomic E-state index is 13.5. The van der Waals surface area contributed by atoms with Crippen LogP contribution in [-0.4, -0.2) is 69.4 Å². The molecule has 0 aromatic heterocycles. The van der Waals surface area contributed by atoms with Gasteiger partial charge in [-0.3, -0.25) is 14.2 Å². The molecule has 0 aliphatic heterocycles. The molecule has 0 aliphatic carbocycles. The summed E-state index contributed by atoms with van der Waals surface area (Å²) in [5.74, 6) is -0.544. The van der Waals surface area contributed by atoms with Crippen molar-refractivity contribution in [1.29, 1.82) is 0 Å². The lowest BCUT2D eigenvalue weighted by molar-refractivity contribution is -0.870. The highest BCUT2D eigenvalue weighted by atomic mass is 31.2. The first kappa shape index (κ1) is 70.5. The van der Waals surface area contributed by atoms with Gasteiger partial charge in [0.1, 0.15) is 19.3 Å². The van der Waals surface area contributed by atoms with E-state index in [9.17, 15) is 19.0 Å². The summed E-state index contributed by atoms with van der Waals surface area (Å²) in [5.41, 5.74) is 0. The normalized spacial score (nSPS) is 13.8. The molecule has 9 nitrogen and oxygen atoms in total. The van der Waals surface area contributed by atoms with Gasteiger partial charge in [0.05, 0.1) is 33.8 Å². The third-order valence-electron chi connectivity index (χ3n) is 14.1. The number of carbonyl (C=O) groups is 2. The van der Waals surface area contributed by atoms with Gasteiger partial charge in [-0.25, -0.2) is 0 Å². The maximum atomic E-state index is 13.5. The molecule has 10 heteroatoms. The monoisotopic (exact) mass is 1040 g/mol. The van der Waals surface area contributed by atoms with Gasteiger partial charge in [0.25, 0.3) is 7.82 Å². The van der Waals surface area contributed by atoms with Gasteiger partial charge in [-0.15, -0.1) is 0 Å². The van der Waals surface area contributed by atoms with Gasteiger partial charge in [0.2, 0.25) is 5.91 Å². The number of carbonyl (C=O) groups excluding carboxylic acids is 2. The molecule has 0 spiro atoms. The highest BCUT2D eigenvalue weighted by Gasteiger charge is 2.27. The largest absolute Gasteiger partial charge is 0.756 e. The van der Waals surface area contributed by atoms with Gasteiger partial charge < -0.3 is 28.5 Å². The molecule has 0 saturated heterocycles. The molecule has 0 bridgehead atoms. The van der Waals surface area contributed by atoms with E-state index in [1.54, 1.807) is 0 Å². The molecule has 426 valence electrons. The standard InChI is InChI=1S/C62H121N2O7P/c1-7-10-13-16-19-22-25-28-29-30-31-32-33-34-35-37-40-43-46-49-52-55-62(66)71-60(53-50-47-44-41-38-27-24-21-18-15-12-9-3)59(58-70-72(67,68)69-57-56-64(4,5)6)63-61(65)54-51-48-45-42-39-36-26-23-20-17-14-11-8-2/h36,39,50,53,59-60H,7-35,37-38,40-49,51-52,54-58H2,1-6H3,(H-,63,65,67,68)/b39-36-,53-50-. The Morgan fingerprint density at radius 2 is 0.806 bits per heavy atom. The fourth-order valence-corrected chi connectivity index (χ4v) is 10.0. The van der Waals surface area contributed by atoms with E-state index < -0.39 is 20.0 Å². The number of likely N-dealkylation sites (N-methyl/N-ethyl adjacent to an activating group) is 1. The topological polar surface area (TPSA) is 114 Å². The van der Waals surface area contributed by atoms with Crippen LogP contribution in [0.15, 0.2) is 24.3 Å². The molecule has 0 heterocycles. The lowest BCUT2D eigenvalue weighted by atomic mass is 10.0. The van der Waals surface area contributed by atoms with Crippen molar-refractivity contribution < 1.29 is 37.3 Å². The third-order valence-corrected chi connectivity index (χ3v) is 15.1. The second-order valence-electron chi connectivity index (χ2n) is 22.6. The quantitative estimate of drug-likeness (QED) is 0.0212. The van der Waals surface area contributed by atoms with E-state index in [2.05, 4.69) is 38.2 Å². The molecular formula is C62H121N2O7P. The number of amides is 1. The zero-order valence-electron chi connectivity index (χ0n) is 48.7. The van der Waals surface area contributed by atoms with Crippen LogP contribution in [0, 0.1) is 0 Å². The average Bonchev–Trinajstić information content (AvgIpc) is 3.34. The fraction of sp³-hybridized carbons (Fsp3) is 0.903. The van der Waals surface area contributed by atoms with Crippen molar-refractivity contribution in [3.8, 4) is 0 Å². The second-order valence-corrected chi connectivity index (χ2v) is 24.0. The van der Waals surface area contributed by atoms with Crippen LogP contribution >= 0.6 is 7.82 Å². The maximum Gasteiger partial charge on any atom is 0.306 e. The molecule has 0 saturated carbocycles. The Morgan fingerprint density at radius 3 is 1.19 bits per heavy atom.